The fourth-order valence-electron chi connectivity index (χ4n) is 0.400. The summed E-state index contributed by atoms with van der Waals surface area (Å²) in [5, 5.41) is 0. The van der Waals surface area contributed by atoms with Crippen LogP contribution in [0.5, 0.6) is 0 Å². The van der Waals surface area contributed by atoms with Gasteiger partial charge in [0.25, 0.3) is 0 Å². The largest absolute Gasteiger partial charge is 1.00 e. The van der Waals surface area contributed by atoms with Gasteiger partial charge < -0.3 is 4.90 Å². The minimum Gasteiger partial charge on any atom is -0.496 e. The minimum atomic E-state index is 0. The molecule has 0 saturated heterocycles. The maximum Gasteiger partial charge on any atom is 1.00 e. The average Bonchev–Trinajstić information content (AvgIpc) is 1.84. The molecule has 0 bridgehead atoms. The third-order valence-electron chi connectivity index (χ3n) is 1.04. The van der Waals surface area contributed by atoms with Crippen LogP contribution in [0.2, 0.25) is 0 Å². The molecule has 48 valence electrons. The van der Waals surface area contributed by atoms with E-state index >= 15 is 0 Å². The maximum absolute atomic E-state index is 10.6. The molecular weight excluding hydrogens is 141 g/mol. The van der Waals surface area contributed by atoms with E-state index in [1.165, 1.54) is 4.90 Å². The molecule has 0 heterocycles. The molecule has 0 radical (unpaired) electrons. The van der Waals surface area contributed by atoms with Crippen LogP contribution >= 0.6 is 0 Å². The van der Waals surface area contributed by atoms with E-state index in [4.69, 9.17) is 0 Å². The van der Waals surface area contributed by atoms with Crippen LogP contribution in [0.25, 0.3) is 0 Å². The molecule has 0 spiro atoms. The van der Waals surface area contributed by atoms with E-state index in [0.717, 1.165) is 0 Å². The predicted octanol–water partition coefficient (Wildman–Crippen LogP) is -1.96. The van der Waals surface area contributed by atoms with Crippen molar-refractivity contribution in [2.45, 2.75) is 20.3 Å². The minimum absolute atomic E-state index is 0. The molecule has 0 unspecified atom stereocenters. The molecule has 0 aromatic carbocycles. The standard InChI is InChI=1S/C6H12NO.K/c1-4-6(8)7(3)5-2;/h3-5H2,1-2H3;/q-1;+1. The normalized spacial score (nSPS) is 7.89. The Hall–Kier alpha value is 1.11. The van der Waals surface area contributed by atoms with Crippen LogP contribution in [0.3, 0.4) is 0 Å². The SMILES string of the molecule is [CH2-]N(CC)C(=O)CC.[K+]. The van der Waals surface area contributed by atoms with E-state index in [1.807, 2.05) is 13.8 Å². The third kappa shape index (κ3) is 5.55. The van der Waals surface area contributed by atoms with Gasteiger partial charge in [0.2, 0.25) is 0 Å². The van der Waals surface area contributed by atoms with Crippen molar-refractivity contribution in [3.8, 4) is 0 Å². The Balaban J connectivity index is 0. The van der Waals surface area contributed by atoms with Crippen molar-refractivity contribution in [3.63, 3.8) is 0 Å². The molecule has 0 aromatic heterocycles. The second-order valence-corrected chi connectivity index (χ2v) is 1.60. The van der Waals surface area contributed by atoms with E-state index in [-0.39, 0.29) is 57.3 Å². The van der Waals surface area contributed by atoms with Gasteiger partial charge in [-0.2, -0.15) is 0 Å². The molecule has 0 rings (SSSR count). The van der Waals surface area contributed by atoms with Crippen molar-refractivity contribution in [2.24, 2.45) is 0 Å². The molecule has 0 aliphatic heterocycles. The molecule has 2 nitrogen and oxygen atoms in total. The van der Waals surface area contributed by atoms with Crippen molar-refractivity contribution >= 4 is 5.91 Å². The number of carbonyl (C=O) groups excluding carboxylic acids is 1. The second kappa shape index (κ2) is 7.22. The Morgan fingerprint density at radius 1 is 1.56 bits per heavy atom. The Morgan fingerprint density at radius 2 is 2.00 bits per heavy atom. The van der Waals surface area contributed by atoms with Crippen LogP contribution in [-0.2, 0) is 4.79 Å². The fraction of sp³-hybridized carbons (Fsp3) is 0.667. The van der Waals surface area contributed by atoms with Gasteiger partial charge in [0.1, 0.15) is 0 Å². The van der Waals surface area contributed by atoms with E-state index < -0.39 is 0 Å². The van der Waals surface area contributed by atoms with Crippen LogP contribution in [-0.4, -0.2) is 17.4 Å². The van der Waals surface area contributed by atoms with Gasteiger partial charge >= 0.3 is 51.4 Å². The first-order valence-corrected chi connectivity index (χ1v) is 2.83. The maximum atomic E-state index is 10.6. The summed E-state index contributed by atoms with van der Waals surface area (Å²) < 4.78 is 0. The molecule has 1 amide bonds. The molecule has 3 heteroatoms. The van der Waals surface area contributed by atoms with Gasteiger partial charge in [-0.15, -0.1) is 0 Å². The number of nitrogens with zero attached hydrogens (tertiary/aromatic N) is 1. The number of carbonyl (C=O) groups is 1. The summed E-state index contributed by atoms with van der Waals surface area (Å²) in [7, 11) is 3.51. The smallest absolute Gasteiger partial charge is 0.496 e. The number of amides is 1. The second-order valence-electron chi connectivity index (χ2n) is 1.60. The first-order valence-electron chi connectivity index (χ1n) is 2.83. The zero-order chi connectivity index (χ0) is 6.57. The number of hydrogen-bond donors (Lipinski definition) is 0. The molecule has 9 heavy (non-hydrogen) atoms. The van der Waals surface area contributed by atoms with Gasteiger partial charge in [-0.05, 0) is 13.5 Å². The number of rotatable bonds is 2. The summed E-state index contributed by atoms with van der Waals surface area (Å²) >= 11 is 0. The Morgan fingerprint density at radius 3 is 2.11 bits per heavy atom. The van der Waals surface area contributed by atoms with Crippen LogP contribution < -0.4 is 51.4 Å². The molecule has 0 atom stereocenters. The van der Waals surface area contributed by atoms with Gasteiger partial charge in [-0.1, -0.05) is 6.92 Å². The van der Waals surface area contributed by atoms with Crippen molar-refractivity contribution in [2.75, 3.05) is 6.54 Å². The monoisotopic (exact) mass is 153 g/mol. The zero-order valence-corrected chi connectivity index (χ0v) is 9.60. The third-order valence-corrected chi connectivity index (χ3v) is 1.04. The quantitative estimate of drug-likeness (QED) is 0.333. The van der Waals surface area contributed by atoms with E-state index in [1.54, 1.807) is 0 Å². The molecule has 0 aromatic rings. The molecule has 0 N–H and O–H groups in total. The van der Waals surface area contributed by atoms with Gasteiger partial charge in [-0.25, -0.2) is 0 Å². The summed E-state index contributed by atoms with van der Waals surface area (Å²) in [4.78, 5) is 12.1. The van der Waals surface area contributed by atoms with Crippen LogP contribution in [0, 0.1) is 7.05 Å². The zero-order valence-electron chi connectivity index (χ0n) is 6.48. The van der Waals surface area contributed by atoms with Crippen LogP contribution in [0.15, 0.2) is 0 Å². The Kier molecular flexibility index (Phi) is 10.2. The molecule has 0 aliphatic carbocycles. The van der Waals surface area contributed by atoms with Crippen molar-refractivity contribution in [1.29, 1.82) is 0 Å². The first-order chi connectivity index (χ1) is 3.72. The van der Waals surface area contributed by atoms with Crippen molar-refractivity contribution in [3.05, 3.63) is 7.05 Å². The summed E-state index contributed by atoms with van der Waals surface area (Å²) in [6.45, 7) is 4.43. The molecule has 0 aliphatic rings. The summed E-state index contributed by atoms with van der Waals surface area (Å²) in [5.74, 6) is 0.104. The first kappa shape index (κ1) is 12.8. The number of hydrogen-bond acceptors (Lipinski definition) is 1. The Labute approximate surface area is 99.4 Å². The van der Waals surface area contributed by atoms with Gasteiger partial charge in [-0.3, -0.25) is 11.8 Å². The summed E-state index contributed by atoms with van der Waals surface area (Å²) in [6.07, 6.45) is 0.553. The molecular formula is C6H12KNO. The van der Waals surface area contributed by atoms with Gasteiger partial charge in [0.15, 0.2) is 5.91 Å². The topological polar surface area (TPSA) is 20.3 Å². The van der Waals surface area contributed by atoms with Crippen molar-refractivity contribution in [1.82, 2.24) is 4.90 Å². The van der Waals surface area contributed by atoms with Gasteiger partial charge in [0.05, 0.1) is 0 Å². The predicted molar refractivity (Wildman–Crippen MR) is 33.0 cm³/mol. The van der Waals surface area contributed by atoms with Crippen LogP contribution in [0.1, 0.15) is 20.3 Å². The van der Waals surface area contributed by atoms with Crippen molar-refractivity contribution < 1.29 is 56.2 Å². The average molecular weight is 153 g/mol. The summed E-state index contributed by atoms with van der Waals surface area (Å²) in [5.41, 5.74) is 0. The van der Waals surface area contributed by atoms with E-state index in [0.29, 0.717) is 13.0 Å². The summed E-state index contributed by atoms with van der Waals surface area (Å²) in [6, 6.07) is 0. The molecule has 0 saturated carbocycles. The fourth-order valence-corrected chi connectivity index (χ4v) is 0.400. The van der Waals surface area contributed by atoms with Crippen LogP contribution in [0.4, 0.5) is 0 Å². The Bertz CT molecular complexity index is 85.1. The van der Waals surface area contributed by atoms with E-state index in [2.05, 4.69) is 7.05 Å². The van der Waals surface area contributed by atoms with Gasteiger partial charge in [0, 0.05) is 6.42 Å². The van der Waals surface area contributed by atoms with E-state index in [9.17, 15) is 4.79 Å². The molecule has 0 fully saturated rings.